The van der Waals surface area contributed by atoms with E-state index in [2.05, 4.69) is 21.2 Å². The molecule has 0 amide bonds. The quantitative estimate of drug-likeness (QED) is 0.630. The molecule has 4 rings (SSSR count). The van der Waals surface area contributed by atoms with Gasteiger partial charge in [-0.2, -0.15) is 4.31 Å². The van der Waals surface area contributed by atoms with Gasteiger partial charge in [0, 0.05) is 11.0 Å². The number of benzene rings is 3. The van der Waals surface area contributed by atoms with Crippen molar-refractivity contribution in [1.82, 2.24) is 4.31 Å². The molecule has 0 aromatic heterocycles. The highest BCUT2D eigenvalue weighted by atomic mass is 79.9. The molecular weight excluding hydrogens is 424 g/mol. The molecule has 0 bridgehead atoms. The summed E-state index contributed by atoms with van der Waals surface area (Å²) in [4.78, 5) is 0.325. The summed E-state index contributed by atoms with van der Waals surface area (Å²) < 4.78 is 29.2. The Labute approximate surface area is 168 Å². The monoisotopic (exact) mass is 442 g/mol. The van der Waals surface area contributed by atoms with Gasteiger partial charge in [-0.15, -0.1) is 0 Å². The van der Waals surface area contributed by atoms with Gasteiger partial charge in [-0.3, -0.25) is 0 Å². The van der Waals surface area contributed by atoms with E-state index in [0.717, 1.165) is 15.6 Å². The Morgan fingerprint density at radius 2 is 1.56 bits per heavy atom. The second-order valence-electron chi connectivity index (χ2n) is 6.45. The van der Waals surface area contributed by atoms with Crippen molar-refractivity contribution in [3.05, 3.63) is 94.5 Å². The Kier molecular flexibility index (Phi) is 5.04. The fourth-order valence-electron chi connectivity index (χ4n) is 3.32. The summed E-state index contributed by atoms with van der Waals surface area (Å²) in [5.41, 5.74) is 2.66. The van der Waals surface area contributed by atoms with Gasteiger partial charge in [0.25, 0.3) is 0 Å². The van der Waals surface area contributed by atoms with Crippen molar-refractivity contribution < 1.29 is 8.42 Å². The van der Waals surface area contributed by atoms with Crippen molar-refractivity contribution in [2.75, 3.05) is 11.9 Å². The number of hydrogen-bond acceptors (Lipinski definition) is 3. The predicted octanol–water partition coefficient (Wildman–Crippen LogP) is 4.81. The van der Waals surface area contributed by atoms with Crippen LogP contribution >= 0.6 is 15.9 Å². The average Bonchev–Trinajstić information content (AvgIpc) is 2.68. The third-order valence-electron chi connectivity index (χ3n) is 4.70. The second-order valence-corrected chi connectivity index (χ2v) is 9.22. The maximum Gasteiger partial charge on any atom is 0.247 e. The molecule has 1 N–H and O–H groups in total. The maximum atomic E-state index is 13.4. The standard InChI is InChI=1S/C21H19BrN2O2S/c22-18-12-10-17(11-13-18)21-23-19-8-4-5-9-20(19)27(25,26)24(21)15-14-16-6-2-1-3-7-16/h1-13,21,23H,14-15H2. The van der Waals surface area contributed by atoms with Gasteiger partial charge in [0.1, 0.15) is 11.1 Å². The van der Waals surface area contributed by atoms with E-state index < -0.39 is 16.2 Å². The van der Waals surface area contributed by atoms with Gasteiger partial charge in [0.05, 0.1) is 5.69 Å². The van der Waals surface area contributed by atoms with Crippen molar-refractivity contribution >= 4 is 31.6 Å². The minimum Gasteiger partial charge on any atom is -0.364 e. The fraction of sp³-hybridized carbons (Fsp3) is 0.143. The molecule has 4 nitrogen and oxygen atoms in total. The lowest BCUT2D eigenvalue weighted by molar-refractivity contribution is 0.345. The van der Waals surface area contributed by atoms with Crippen molar-refractivity contribution in [2.24, 2.45) is 0 Å². The molecule has 0 saturated heterocycles. The van der Waals surface area contributed by atoms with Crippen LogP contribution in [-0.4, -0.2) is 19.3 Å². The van der Waals surface area contributed by atoms with Crippen LogP contribution in [0.25, 0.3) is 0 Å². The van der Waals surface area contributed by atoms with E-state index in [1.54, 1.807) is 16.4 Å². The zero-order chi connectivity index (χ0) is 18.9. The van der Waals surface area contributed by atoms with Crippen molar-refractivity contribution in [3.63, 3.8) is 0 Å². The lowest BCUT2D eigenvalue weighted by Crippen LogP contribution is -2.43. The summed E-state index contributed by atoms with van der Waals surface area (Å²) in [7, 11) is -3.60. The highest BCUT2D eigenvalue weighted by molar-refractivity contribution is 9.10. The molecule has 1 unspecified atom stereocenters. The number of sulfonamides is 1. The summed E-state index contributed by atoms with van der Waals surface area (Å²) >= 11 is 3.44. The highest BCUT2D eigenvalue weighted by Crippen LogP contribution is 2.38. The van der Waals surface area contributed by atoms with Crippen LogP contribution in [0.3, 0.4) is 0 Å². The van der Waals surface area contributed by atoms with E-state index in [0.29, 0.717) is 23.5 Å². The minimum atomic E-state index is -3.60. The van der Waals surface area contributed by atoms with Crippen LogP contribution in [0.4, 0.5) is 5.69 Å². The summed E-state index contributed by atoms with van der Waals surface area (Å²) in [6, 6.07) is 24.8. The lowest BCUT2D eigenvalue weighted by Gasteiger charge is -2.37. The molecule has 3 aromatic carbocycles. The number of rotatable bonds is 4. The van der Waals surface area contributed by atoms with Crippen LogP contribution in [0.2, 0.25) is 0 Å². The van der Waals surface area contributed by atoms with E-state index in [9.17, 15) is 8.42 Å². The number of anilines is 1. The molecule has 3 aromatic rings. The zero-order valence-electron chi connectivity index (χ0n) is 14.5. The van der Waals surface area contributed by atoms with Gasteiger partial charge in [0.15, 0.2) is 0 Å². The fourth-order valence-corrected chi connectivity index (χ4v) is 5.28. The number of nitrogens with zero attached hydrogens (tertiary/aromatic N) is 1. The van der Waals surface area contributed by atoms with Crippen LogP contribution in [0.5, 0.6) is 0 Å². The van der Waals surface area contributed by atoms with E-state index >= 15 is 0 Å². The molecule has 6 heteroatoms. The zero-order valence-corrected chi connectivity index (χ0v) is 16.9. The number of para-hydroxylation sites is 1. The number of hydrogen-bond donors (Lipinski definition) is 1. The molecule has 138 valence electrons. The van der Waals surface area contributed by atoms with E-state index in [4.69, 9.17) is 0 Å². The van der Waals surface area contributed by atoms with Crippen molar-refractivity contribution in [2.45, 2.75) is 17.5 Å². The molecule has 1 aliphatic rings. The first-order chi connectivity index (χ1) is 13.1. The Balaban J connectivity index is 1.74. The highest BCUT2D eigenvalue weighted by Gasteiger charge is 2.38. The molecule has 0 spiro atoms. The van der Waals surface area contributed by atoms with Crippen LogP contribution in [0, 0.1) is 0 Å². The van der Waals surface area contributed by atoms with E-state index in [1.807, 2.05) is 66.7 Å². The second kappa shape index (κ2) is 7.46. The normalized spacial score (nSPS) is 18.5. The topological polar surface area (TPSA) is 49.4 Å². The molecule has 0 fully saturated rings. The van der Waals surface area contributed by atoms with Crippen LogP contribution in [-0.2, 0) is 16.4 Å². The van der Waals surface area contributed by atoms with Gasteiger partial charge in [-0.25, -0.2) is 8.42 Å². The molecular formula is C21H19BrN2O2S. The number of halogens is 1. The third-order valence-corrected chi connectivity index (χ3v) is 7.15. The smallest absolute Gasteiger partial charge is 0.247 e. The molecule has 1 heterocycles. The third kappa shape index (κ3) is 3.65. The predicted molar refractivity (Wildman–Crippen MR) is 111 cm³/mol. The van der Waals surface area contributed by atoms with Crippen LogP contribution in [0.1, 0.15) is 17.3 Å². The van der Waals surface area contributed by atoms with Crippen LogP contribution in [0.15, 0.2) is 88.2 Å². The Bertz CT molecular complexity index is 1040. The van der Waals surface area contributed by atoms with Crippen molar-refractivity contribution in [3.8, 4) is 0 Å². The first-order valence-electron chi connectivity index (χ1n) is 8.72. The minimum absolute atomic E-state index is 0.325. The average molecular weight is 443 g/mol. The molecule has 0 radical (unpaired) electrons. The SMILES string of the molecule is O=S1(=O)c2ccccc2NC(c2ccc(Br)cc2)N1CCc1ccccc1. The summed E-state index contributed by atoms with van der Waals surface area (Å²) in [6.45, 7) is 0.397. The van der Waals surface area contributed by atoms with E-state index in [-0.39, 0.29) is 0 Å². The first kappa shape index (κ1) is 18.2. The Morgan fingerprint density at radius 3 is 2.30 bits per heavy atom. The van der Waals surface area contributed by atoms with Gasteiger partial charge in [-0.1, -0.05) is 70.5 Å². The summed E-state index contributed by atoms with van der Waals surface area (Å²) in [5.74, 6) is 0. The Hall–Kier alpha value is -2.15. The number of nitrogens with one attached hydrogen (secondary N) is 1. The summed E-state index contributed by atoms with van der Waals surface area (Å²) in [5, 5.41) is 3.41. The lowest BCUT2D eigenvalue weighted by atomic mass is 10.1. The maximum absolute atomic E-state index is 13.4. The molecule has 1 aliphatic heterocycles. The van der Waals surface area contributed by atoms with Gasteiger partial charge >= 0.3 is 0 Å². The largest absolute Gasteiger partial charge is 0.364 e. The molecule has 27 heavy (non-hydrogen) atoms. The summed E-state index contributed by atoms with van der Waals surface area (Å²) in [6.07, 6.45) is 0.207. The Morgan fingerprint density at radius 1 is 0.889 bits per heavy atom. The van der Waals surface area contributed by atoms with Gasteiger partial charge in [-0.05, 0) is 41.8 Å². The van der Waals surface area contributed by atoms with Gasteiger partial charge < -0.3 is 5.32 Å². The molecule has 1 atom stereocenters. The first-order valence-corrected chi connectivity index (χ1v) is 11.0. The number of fused-ring (bicyclic) bond motifs is 1. The van der Waals surface area contributed by atoms with Crippen molar-refractivity contribution in [1.29, 1.82) is 0 Å². The van der Waals surface area contributed by atoms with E-state index in [1.165, 1.54) is 0 Å². The molecule has 0 aliphatic carbocycles. The van der Waals surface area contributed by atoms with Crippen LogP contribution < -0.4 is 5.32 Å². The molecule has 0 saturated carbocycles. The van der Waals surface area contributed by atoms with Gasteiger partial charge in [0.2, 0.25) is 10.0 Å².